The van der Waals surface area contributed by atoms with E-state index in [2.05, 4.69) is 5.10 Å². The number of rotatable bonds is 2. The number of nitriles is 1. The van der Waals surface area contributed by atoms with Crippen molar-refractivity contribution in [3.05, 3.63) is 40.5 Å². The van der Waals surface area contributed by atoms with E-state index in [1.165, 1.54) is 25.2 Å². The molecule has 2 aromatic rings. The van der Waals surface area contributed by atoms with E-state index in [1.807, 2.05) is 0 Å². The van der Waals surface area contributed by atoms with E-state index < -0.39 is 17.4 Å². The normalized spacial score (nSPS) is 11.2. The lowest BCUT2D eigenvalue weighted by Gasteiger charge is -2.06. The van der Waals surface area contributed by atoms with E-state index in [-0.39, 0.29) is 11.6 Å². The van der Waals surface area contributed by atoms with Crippen LogP contribution in [0.4, 0.5) is 13.2 Å². The standard InChI is InChI=1S/C12H7ClF3N3O/c1-19-11(20-8-4-2-3-7(13)5-8)9(6-17)10(18-19)12(14,15)16/h2-5H,1H3. The second-order valence-corrected chi connectivity index (χ2v) is 4.26. The molecule has 0 aliphatic rings. The fourth-order valence-corrected chi connectivity index (χ4v) is 1.75. The minimum Gasteiger partial charge on any atom is -0.438 e. The number of nitrogens with zero attached hydrogens (tertiary/aromatic N) is 3. The van der Waals surface area contributed by atoms with E-state index >= 15 is 0 Å². The molecule has 1 aromatic heterocycles. The highest BCUT2D eigenvalue weighted by molar-refractivity contribution is 6.30. The number of hydrogen-bond acceptors (Lipinski definition) is 3. The van der Waals surface area contributed by atoms with Crippen LogP contribution in [0, 0.1) is 11.3 Å². The average molecular weight is 302 g/mol. The summed E-state index contributed by atoms with van der Waals surface area (Å²) in [4.78, 5) is 0. The van der Waals surface area contributed by atoms with E-state index in [4.69, 9.17) is 21.6 Å². The molecule has 0 amide bonds. The number of halogens is 4. The van der Waals surface area contributed by atoms with E-state index in [9.17, 15) is 13.2 Å². The Bertz CT molecular complexity index is 688. The van der Waals surface area contributed by atoms with Crippen molar-refractivity contribution < 1.29 is 17.9 Å². The molecule has 4 nitrogen and oxygen atoms in total. The molecule has 0 saturated heterocycles. The Morgan fingerprint density at radius 3 is 2.65 bits per heavy atom. The van der Waals surface area contributed by atoms with Gasteiger partial charge in [-0.2, -0.15) is 23.5 Å². The van der Waals surface area contributed by atoms with Gasteiger partial charge in [-0.1, -0.05) is 17.7 Å². The zero-order valence-corrected chi connectivity index (χ0v) is 10.8. The van der Waals surface area contributed by atoms with Crippen LogP contribution in [0.3, 0.4) is 0 Å². The summed E-state index contributed by atoms with van der Waals surface area (Å²) >= 11 is 5.75. The van der Waals surface area contributed by atoms with Gasteiger partial charge in [0.15, 0.2) is 5.69 Å². The second kappa shape index (κ2) is 5.06. The summed E-state index contributed by atoms with van der Waals surface area (Å²) < 4.78 is 44.3. The van der Waals surface area contributed by atoms with Gasteiger partial charge in [0.2, 0.25) is 5.88 Å². The first-order valence-electron chi connectivity index (χ1n) is 5.30. The van der Waals surface area contributed by atoms with Crippen LogP contribution >= 0.6 is 11.6 Å². The van der Waals surface area contributed by atoms with Crippen molar-refractivity contribution in [2.45, 2.75) is 6.18 Å². The van der Waals surface area contributed by atoms with Crippen LogP contribution in [0.15, 0.2) is 24.3 Å². The molecule has 2 rings (SSSR count). The van der Waals surface area contributed by atoms with Crippen molar-refractivity contribution in [2.75, 3.05) is 0 Å². The van der Waals surface area contributed by atoms with Gasteiger partial charge >= 0.3 is 6.18 Å². The summed E-state index contributed by atoms with van der Waals surface area (Å²) in [6.45, 7) is 0. The molecule has 0 N–H and O–H groups in total. The summed E-state index contributed by atoms with van der Waals surface area (Å²) in [5, 5.41) is 12.5. The first-order chi connectivity index (χ1) is 9.32. The Morgan fingerprint density at radius 2 is 2.10 bits per heavy atom. The van der Waals surface area contributed by atoms with Gasteiger partial charge in [-0.3, -0.25) is 0 Å². The maximum atomic E-state index is 12.7. The highest BCUT2D eigenvalue weighted by Gasteiger charge is 2.40. The van der Waals surface area contributed by atoms with Crippen molar-refractivity contribution in [1.82, 2.24) is 9.78 Å². The number of ether oxygens (including phenoxy) is 1. The second-order valence-electron chi connectivity index (χ2n) is 3.82. The van der Waals surface area contributed by atoms with E-state index in [0.29, 0.717) is 5.02 Å². The molecule has 0 aliphatic heterocycles. The first kappa shape index (κ1) is 14.2. The molecule has 20 heavy (non-hydrogen) atoms. The van der Waals surface area contributed by atoms with Crippen LogP contribution < -0.4 is 4.74 Å². The van der Waals surface area contributed by atoms with Crippen LogP contribution in [0.5, 0.6) is 11.6 Å². The zero-order valence-electron chi connectivity index (χ0n) is 10.1. The van der Waals surface area contributed by atoms with Crippen LogP contribution in [0.1, 0.15) is 11.3 Å². The van der Waals surface area contributed by atoms with Gasteiger partial charge in [-0.25, -0.2) is 4.68 Å². The molecule has 0 fully saturated rings. The zero-order chi connectivity index (χ0) is 14.9. The van der Waals surface area contributed by atoms with E-state index in [1.54, 1.807) is 12.1 Å². The Balaban J connectivity index is 2.48. The lowest BCUT2D eigenvalue weighted by Crippen LogP contribution is -2.08. The smallest absolute Gasteiger partial charge is 0.436 e. The van der Waals surface area contributed by atoms with Gasteiger partial charge in [-0.15, -0.1) is 0 Å². The highest BCUT2D eigenvalue weighted by atomic mass is 35.5. The summed E-state index contributed by atoms with van der Waals surface area (Å²) in [6.07, 6.45) is -4.72. The summed E-state index contributed by atoms with van der Waals surface area (Å²) in [6, 6.07) is 7.55. The van der Waals surface area contributed by atoms with Gasteiger partial charge in [0.25, 0.3) is 0 Å². The molecule has 0 unspecified atom stereocenters. The molecule has 1 aromatic carbocycles. The number of benzene rings is 1. The van der Waals surface area contributed by atoms with Crippen molar-refractivity contribution in [1.29, 1.82) is 5.26 Å². The average Bonchev–Trinajstić information content (AvgIpc) is 2.66. The van der Waals surface area contributed by atoms with Gasteiger partial charge in [0.05, 0.1) is 0 Å². The minimum absolute atomic E-state index is 0.214. The Labute approximate surface area is 116 Å². The van der Waals surface area contributed by atoms with Crippen molar-refractivity contribution in [3.63, 3.8) is 0 Å². The number of alkyl halides is 3. The third kappa shape index (κ3) is 2.70. The molecule has 0 bridgehead atoms. The quantitative estimate of drug-likeness (QED) is 0.848. The molecule has 104 valence electrons. The Kier molecular flexibility index (Phi) is 3.59. The van der Waals surface area contributed by atoms with Crippen molar-refractivity contribution >= 4 is 11.6 Å². The lowest BCUT2D eigenvalue weighted by molar-refractivity contribution is -0.141. The van der Waals surface area contributed by atoms with Crippen molar-refractivity contribution in [2.24, 2.45) is 7.05 Å². The maximum Gasteiger partial charge on any atom is 0.436 e. The third-order valence-corrected chi connectivity index (χ3v) is 2.62. The molecular formula is C12H7ClF3N3O. The van der Waals surface area contributed by atoms with Gasteiger partial charge < -0.3 is 4.74 Å². The number of aryl methyl sites for hydroxylation is 1. The SMILES string of the molecule is Cn1nc(C(F)(F)F)c(C#N)c1Oc1cccc(Cl)c1. The molecule has 0 spiro atoms. The molecule has 0 atom stereocenters. The minimum atomic E-state index is -4.72. The summed E-state index contributed by atoms with van der Waals surface area (Å²) in [7, 11) is 1.26. The Morgan fingerprint density at radius 1 is 1.40 bits per heavy atom. The molecule has 1 heterocycles. The maximum absolute atomic E-state index is 12.7. The van der Waals surface area contributed by atoms with Gasteiger partial charge in [0, 0.05) is 12.1 Å². The largest absolute Gasteiger partial charge is 0.438 e. The predicted octanol–water partition coefficient (Wildman–Crippen LogP) is 3.76. The molecular weight excluding hydrogens is 295 g/mol. The molecule has 0 radical (unpaired) electrons. The molecule has 8 heteroatoms. The first-order valence-corrected chi connectivity index (χ1v) is 5.68. The molecule has 0 aliphatic carbocycles. The monoisotopic (exact) mass is 301 g/mol. The molecule has 0 saturated carbocycles. The third-order valence-electron chi connectivity index (χ3n) is 2.39. The van der Waals surface area contributed by atoms with Crippen LogP contribution in [0.25, 0.3) is 0 Å². The number of hydrogen-bond donors (Lipinski definition) is 0. The number of aromatic nitrogens is 2. The fraction of sp³-hybridized carbons (Fsp3) is 0.167. The summed E-state index contributed by atoms with van der Waals surface area (Å²) in [5.74, 6) is -0.0761. The fourth-order valence-electron chi connectivity index (χ4n) is 1.57. The van der Waals surface area contributed by atoms with Crippen molar-refractivity contribution in [3.8, 4) is 17.7 Å². The van der Waals surface area contributed by atoms with Gasteiger partial charge in [-0.05, 0) is 18.2 Å². The van der Waals surface area contributed by atoms with Crippen LogP contribution in [0.2, 0.25) is 5.02 Å². The topological polar surface area (TPSA) is 50.8 Å². The predicted molar refractivity (Wildman–Crippen MR) is 64.5 cm³/mol. The lowest BCUT2D eigenvalue weighted by atomic mass is 10.2. The highest BCUT2D eigenvalue weighted by Crippen LogP contribution is 2.36. The summed E-state index contributed by atoms with van der Waals surface area (Å²) in [5.41, 5.74) is -1.94. The Hall–Kier alpha value is -2.20. The van der Waals surface area contributed by atoms with E-state index in [0.717, 1.165) is 4.68 Å². The van der Waals surface area contributed by atoms with Gasteiger partial charge in [0.1, 0.15) is 17.4 Å². The van der Waals surface area contributed by atoms with Crippen LogP contribution in [-0.4, -0.2) is 9.78 Å². The van der Waals surface area contributed by atoms with Crippen LogP contribution in [-0.2, 0) is 13.2 Å².